The van der Waals surface area contributed by atoms with Gasteiger partial charge in [0.25, 0.3) is 5.69 Å². The van der Waals surface area contributed by atoms with Crippen molar-refractivity contribution in [2.24, 2.45) is 0 Å². The largest absolute Gasteiger partial charge is 0.454 e. The average Bonchev–Trinajstić information content (AvgIpc) is 3.09. The van der Waals surface area contributed by atoms with Gasteiger partial charge in [-0.05, 0) is 36.8 Å². The van der Waals surface area contributed by atoms with Gasteiger partial charge in [-0.3, -0.25) is 10.1 Å². The van der Waals surface area contributed by atoms with E-state index < -0.39 is 17.0 Å². The molecule has 8 heteroatoms. The molecule has 1 unspecified atom stereocenters. The highest BCUT2D eigenvalue weighted by atomic mass is 35.5. The van der Waals surface area contributed by atoms with Gasteiger partial charge in [0.2, 0.25) is 6.79 Å². The Morgan fingerprint density at radius 3 is 2.88 bits per heavy atom. The molecule has 26 heavy (non-hydrogen) atoms. The molecule has 134 valence electrons. The number of hydrogen-bond acceptors (Lipinski definition) is 6. The van der Waals surface area contributed by atoms with Crippen LogP contribution in [0.1, 0.15) is 24.2 Å². The zero-order chi connectivity index (χ0) is 18.7. The number of nitrogens with zero attached hydrogens (tertiary/aromatic N) is 1. The summed E-state index contributed by atoms with van der Waals surface area (Å²) < 4.78 is 15.7. The van der Waals surface area contributed by atoms with Crippen molar-refractivity contribution in [1.82, 2.24) is 0 Å². The standard InChI is InChI=1S/C18H14ClNO6/c1-11(13-4-2-3-5-15(13)20(22)23)26-17(21)7-6-12-8-14(19)18-16(9-12)24-10-25-18/h2-9,11H,10H2,1H3/b7-6+. The molecule has 2 aromatic carbocycles. The van der Waals surface area contributed by atoms with E-state index >= 15 is 0 Å². The van der Waals surface area contributed by atoms with Crippen molar-refractivity contribution in [3.05, 3.63) is 68.7 Å². The molecule has 3 rings (SSSR count). The Bertz CT molecular complexity index is 895. The molecule has 1 atom stereocenters. The number of fused-ring (bicyclic) bond motifs is 1. The summed E-state index contributed by atoms with van der Waals surface area (Å²) in [4.78, 5) is 22.6. The lowest BCUT2D eigenvalue weighted by Gasteiger charge is -2.12. The topological polar surface area (TPSA) is 87.9 Å². The average molecular weight is 376 g/mol. The molecule has 0 amide bonds. The fourth-order valence-corrected chi connectivity index (χ4v) is 2.80. The number of carbonyl (C=O) groups is 1. The van der Waals surface area contributed by atoms with Gasteiger partial charge in [-0.1, -0.05) is 23.7 Å². The van der Waals surface area contributed by atoms with Crippen molar-refractivity contribution in [3.8, 4) is 11.5 Å². The van der Waals surface area contributed by atoms with Gasteiger partial charge in [0.05, 0.1) is 15.5 Å². The van der Waals surface area contributed by atoms with Crippen molar-refractivity contribution in [2.75, 3.05) is 6.79 Å². The smallest absolute Gasteiger partial charge is 0.331 e. The maximum atomic E-state index is 12.0. The van der Waals surface area contributed by atoms with Crippen molar-refractivity contribution < 1.29 is 23.9 Å². The summed E-state index contributed by atoms with van der Waals surface area (Å²) in [5, 5.41) is 11.4. The lowest BCUT2D eigenvalue weighted by atomic mass is 10.1. The highest BCUT2D eigenvalue weighted by Gasteiger charge is 2.21. The van der Waals surface area contributed by atoms with Gasteiger partial charge in [-0.2, -0.15) is 0 Å². The Balaban J connectivity index is 1.70. The third-order valence-electron chi connectivity index (χ3n) is 3.73. The van der Waals surface area contributed by atoms with Crippen molar-refractivity contribution in [2.45, 2.75) is 13.0 Å². The number of nitro groups is 1. The molecule has 1 heterocycles. The predicted octanol–water partition coefficient (Wildman–Crippen LogP) is 4.29. The summed E-state index contributed by atoms with van der Waals surface area (Å²) in [6.45, 7) is 1.67. The van der Waals surface area contributed by atoms with Crippen LogP contribution in [0.2, 0.25) is 5.02 Å². The van der Waals surface area contributed by atoms with Crippen molar-refractivity contribution >= 4 is 29.3 Å². The lowest BCUT2D eigenvalue weighted by Crippen LogP contribution is -2.08. The molecule has 1 aliphatic rings. The van der Waals surface area contributed by atoms with Gasteiger partial charge in [-0.15, -0.1) is 0 Å². The number of esters is 1. The van der Waals surface area contributed by atoms with E-state index in [4.69, 9.17) is 25.8 Å². The van der Waals surface area contributed by atoms with Gasteiger partial charge in [0.15, 0.2) is 11.5 Å². The van der Waals surface area contributed by atoms with Crippen LogP contribution in [0.3, 0.4) is 0 Å². The van der Waals surface area contributed by atoms with Crippen LogP contribution in [0.5, 0.6) is 11.5 Å². The van der Waals surface area contributed by atoms with E-state index in [9.17, 15) is 14.9 Å². The summed E-state index contributed by atoms with van der Waals surface area (Å²) in [7, 11) is 0. The first-order chi connectivity index (χ1) is 12.5. The van der Waals surface area contributed by atoms with Gasteiger partial charge in [0, 0.05) is 12.1 Å². The Morgan fingerprint density at radius 2 is 2.12 bits per heavy atom. The minimum absolute atomic E-state index is 0.0949. The molecule has 1 aliphatic heterocycles. The Hall–Kier alpha value is -3.06. The van der Waals surface area contributed by atoms with E-state index in [1.54, 1.807) is 37.3 Å². The Kier molecular flexibility index (Phi) is 5.09. The summed E-state index contributed by atoms with van der Waals surface area (Å²) in [5.41, 5.74) is 0.860. The number of nitro benzene ring substituents is 1. The predicted molar refractivity (Wildman–Crippen MR) is 94.2 cm³/mol. The highest BCUT2D eigenvalue weighted by molar-refractivity contribution is 6.32. The molecule has 7 nitrogen and oxygen atoms in total. The second-order valence-electron chi connectivity index (χ2n) is 5.46. The van der Waals surface area contributed by atoms with Gasteiger partial charge < -0.3 is 14.2 Å². The van der Waals surface area contributed by atoms with Crippen molar-refractivity contribution in [1.29, 1.82) is 0 Å². The molecule has 0 aliphatic carbocycles. The molecule has 0 spiro atoms. The maximum absolute atomic E-state index is 12.0. The van der Waals surface area contributed by atoms with E-state index in [2.05, 4.69) is 0 Å². The number of halogens is 1. The summed E-state index contributed by atoms with van der Waals surface area (Å²) in [5.74, 6) is 0.333. The first-order valence-electron chi connectivity index (χ1n) is 7.67. The number of benzene rings is 2. The number of para-hydroxylation sites is 1. The molecule has 0 N–H and O–H groups in total. The monoisotopic (exact) mass is 375 g/mol. The molecule has 0 bridgehead atoms. The third kappa shape index (κ3) is 3.78. The van der Waals surface area contributed by atoms with Gasteiger partial charge in [-0.25, -0.2) is 4.79 Å². The fraction of sp³-hybridized carbons (Fsp3) is 0.167. The SMILES string of the molecule is CC(OC(=O)/C=C/c1cc(Cl)c2c(c1)OCO2)c1ccccc1[N+](=O)[O-]. The number of carbonyl (C=O) groups excluding carboxylic acids is 1. The minimum Gasteiger partial charge on any atom is -0.454 e. The zero-order valence-corrected chi connectivity index (χ0v) is 14.4. The molecule has 0 fully saturated rings. The minimum atomic E-state index is -0.769. The van der Waals surface area contributed by atoms with E-state index in [1.807, 2.05) is 0 Å². The molecule has 0 aromatic heterocycles. The summed E-state index contributed by atoms with van der Waals surface area (Å²) in [6.07, 6.45) is 1.97. The lowest BCUT2D eigenvalue weighted by molar-refractivity contribution is -0.386. The van der Waals surface area contributed by atoms with Crippen molar-refractivity contribution in [3.63, 3.8) is 0 Å². The number of ether oxygens (including phenoxy) is 3. The Morgan fingerprint density at radius 1 is 1.35 bits per heavy atom. The molecular weight excluding hydrogens is 362 g/mol. The van der Waals surface area contributed by atoms with Crippen LogP contribution in [0, 0.1) is 10.1 Å². The Labute approximate surface area is 153 Å². The van der Waals surface area contributed by atoms with Crippen LogP contribution in [0.4, 0.5) is 5.69 Å². The normalized spacial score (nSPS) is 13.6. The second kappa shape index (κ2) is 7.45. The first-order valence-corrected chi connectivity index (χ1v) is 8.04. The molecule has 2 aromatic rings. The molecule has 0 radical (unpaired) electrons. The first kappa shape index (κ1) is 17.8. The van der Waals surface area contributed by atoms with E-state index in [1.165, 1.54) is 18.2 Å². The number of rotatable bonds is 5. The third-order valence-corrected chi connectivity index (χ3v) is 4.01. The number of hydrogen-bond donors (Lipinski definition) is 0. The van der Waals surface area contributed by atoms with Crippen LogP contribution in [0.15, 0.2) is 42.5 Å². The van der Waals surface area contributed by atoms with Gasteiger partial charge in [0.1, 0.15) is 6.10 Å². The van der Waals surface area contributed by atoms with Crippen LogP contribution in [-0.4, -0.2) is 17.7 Å². The van der Waals surface area contributed by atoms with E-state index in [-0.39, 0.29) is 12.5 Å². The summed E-state index contributed by atoms with van der Waals surface area (Å²) >= 11 is 6.08. The van der Waals surface area contributed by atoms with Crippen LogP contribution < -0.4 is 9.47 Å². The second-order valence-corrected chi connectivity index (χ2v) is 5.87. The quantitative estimate of drug-likeness (QED) is 0.335. The van der Waals surface area contributed by atoms with Crippen LogP contribution in [0.25, 0.3) is 6.08 Å². The van der Waals surface area contributed by atoms with E-state index in [0.29, 0.717) is 27.6 Å². The molecular formula is C18H14ClNO6. The van der Waals surface area contributed by atoms with Gasteiger partial charge >= 0.3 is 5.97 Å². The highest BCUT2D eigenvalue weighted by Crippen LogP contribution is 2.40. The maximum Gasteiger partial charge on any atom is 0.331 e. The summed E-state index contributed by atoms with van der Waals surface area (Å²) in [6, 6.07) is 9.44. The van der Waals surface area contributed by atoms with Crippen LogP contribution in [-0.2, 0) is 9.53 Å². The zero-order valence-electron chi connectivity index (χ0n) is 13.7. The van der Waals surface area contributed by atoms with Crippen LogP contribution >= 0.6 is 11.6 Å². The van der Waals surface area contributed by atoms with E-state index in [0.717, 1.165) is 0 Å². The molecule has 0 saturated carbocycles. The fourth-order valence-electron chi connectivity index (χ4n) is 2.52. The molecule has 0 saturated heterocycles.